The molecular formula is C27H36N8O2. The van der Waals surface area contributed by atoms with Crippen molar-refractivity contribution in [3.63, 3.8) is 0 Å². The molecule has 3 aromatic rings. The average molecular weight is 505 g/mol. The number of primary amides is 1. The molecule has 10 nitrogen and oxygen atoms in total. The summed E-state index contributed by atoms with van der Waals surface area (Å²) in [5, 5.41) is 16.9. The van der Waals surface area contributed by atoms with Gasteiger partial charge in [0.2, 0.25) is 23.8 Å². The predicted octanol–water partition coefficient (Wildman–Crippen LogP) is 3.51. The number of aryl methyl sites for hydroxylation is 1. The number of aromatic hydroxyl groups is 1. The van der Waals surface area contributed by atoms with Crippen molar-refractivity contribution in [3.8, 4) is 5.75 Å². The molecule has 4 rings (SSSR count). The van der Waals surface area contributed by atoms with Crippen molar-refractivity contribution in [1.82, 2.24) is 19.9 Å². The molecule has 0 unspecified atom stereocenters. The number of para-hydroxylation sites is 1. The topological polar surface area (TPSA) is 133 Å². The first-order valence-corrected chi connectivity index (χ1v) is 12.6. The zero-order chi connectivity index (χ0) is 26.5. The SMILES string of the molecule is Cc1ccc(C(N)=O)cc1Nc1nc(N[C@H]2CCN(Cc3ccccc3O)C2)nc(N(C)CC(C)C)n1. The largest absolute Gasteiger partial charge is 0.508 e. The number of likely N-dealkylation sites (tertiary alicyclic amines) is 1. The van der Waals surface area contributed by atoms with Crippen LogP contribution in [0.15, 0.2) is 42.5 Å². The number of benzene rings is 2. The molecule has 1 amide bonds. The molecule has 5 N–H and O–H groups in total. The summed E-state index contributed by atoms with van der Waals surface area (Å²) < 4.78 is 0. The van der Waals surface area contributed by atoms with Gasteiger partial charge in [-0.15, -0.1) is 0 Å². The number of nitrogens with one attached hydrogen (secondary N) is 2. The number of carbonyl (C=O) groups is 1. The molecule has 0 spiro atoms. The fourth-order valence-electron chi connectivity index (χ4n) is 4.48. The summed E-state index contributed by atoms with van der Waals surface area (Å²) in [5.74, 6) is 1.69. The number of phenolic OH excluding ortho intramolecular Hbond substituents is 1. The fraction of sp³-hybridized carbons (Fsp3) is 0.407. The molecule has 0 bridgehead atoms. The predicted molar refractivity (Wildman–Crippen MR) is 146 cm³/mol. The molecule has 2 heterocycles. The highest BCUT2D eigenvalue weighted by molar-refractivity contribution is 5.94. The quantitative estimate of drug-likeness (QED) is 0.327. The van der Waals surface area contributed by atoms with Gasteiger partial charge in [-0.25, -0.2) is 0 Å². The number of phenols is 1. The third kappa shape index (κ3) is 6.85. The highest BCUT2D eigenvalue weighted by Crippen LogP contribution is 2.24. The summed E-state index contributed by atoms with van der Waals surface area (Å²) in [4.78, 5) is 30.0. The Kier molecular flexibility index (Phi) is 8.08. The van der Waals surface area contributed by atoms with Crippen LogP contribution in [0.1, 0.15) is 41.8 Å². The lowest BCUT2D eigenvalue weighted by molar-refractivity contribution is 0.100. The van der Waals surface area contributed by atoms with Crippen LogP contribution in [-0.2, 0) is 6.54 Å². The van der Waals surface area contributed by atoms with Gasteiger partial charge in [-0.2, -0.15) is 15.0 Å². The van der Waals surface area contributed by atoms with Gasteiger partial charge in [-0.1, -0.05) is 38.1 Å². The van der Waals surface area contributed by atoms with E-state index in [4.69, 9.17) is 10.7 Å². The number of nitrogens with zero attached hydrogens (tertiary/aromatic N) is 5. The van der Waals surface area contributed by atoms with Crippen molar-refractivity contribution in [3.05, 3.63) is 59.2 Å². The Morgan fingerprint density at radius 2 is 1.95 bits per heavy atom. The molecule has 2 aromatic carbocycles. The van der Waals surface area contributed by atoms with E-state index in [1.165, 1.54) is 0 Å². The third-order valence-corrected chi connectivity index (χ3v) is 6.36. The molecule has 196 valence electrons. The summed E-state index contributed by atoms with van der Waals surface area (Å²) >= 11 is 0. The molecule has 1 saturated heterocycles. The van der Waals surface area contributed by atoms with Crippen molar-refractivity contribution in [2.45, 2.75) is 39.8 Å². The molecule has 1 atom stereocenters. The molecule has 1 aliphatic rings. The number of aromatic nitrogens is 3. The van der Waals surface area contributed by atoms with E-state index in [-0.39, 0.29) is 6.04 Å². The second-order valence-corrected chi connectivity index (χ2v) is 10.1. The van der Waals surface area contributed by atoms with Crippen LogP contribution in [0.2, 0.25) is 0 Å². The number of rotatable bonds is 10. The molecular weight excluding hydrogens is 468 g/mol. The van der Waals surface area contributed by atoms with E-state index < -0.39 is 5.91 Å². The summed E-state index contributed by atoms with van der Waals surface area (Å²) in [5.41, 5.74) is 8.45. The minimum Gasteiger partial charge on any atom is -0.508 e. The van der Waals surface area contributed by atoms with E-state index in [1.807, 2.05) is 43.1 Å². The van der Waals surface area contributed by atoms with Crippen molar-refractivity contribution in [2.75, 3.05) is 42.2 Å². The highest BCUT2D eigenvalue weighted by atomic mass is 16.3. The lowest BCUT2D eigenvalue weighted by Crippen LogP contribution is -2.28. The first kappa shape index (κ1) is 26.2. The molecule has 37 heavy (non-hydrogen) atoms. The highest BCUT2D eigenvalue weighted by Gasteiger charge is 2.24. The normalized spacial score (nSPS) is 15.6. The second-order valence-electron chi connectivity index (χ2n) is 10.1. The molecule has 0 aliphatic carbocycles. The Morgan fingerprint density at radius 1 is 1.19 bits per heavy atom. The van der Waals surface area contributed by atoms with E-state index in [9.17, 15) is 9.90 Å². The molecule has 0 radical (unpaired) electrons. The Labute approximate surface area is 217 Å². The number of anilines is 4. The molecule has 0 saturated carbocycles. The maximum Gasteiger partial charge on any atom is 0.248 e. The Morgan fingerprint density at radius 3 is 2.68 bits per heavy atom. The van der Waals surface area contributed by atoms with Crippen LogP contribution in [0.3, 0.4) is 0 Å². The van der Waals surface area contributed by atoms with Crippen LogP contribution < -0.4 is 21.3 Å². The van der Waals surface area contributed by atoms with E-state index in [0.29, 0.717) is 47.3 Å². The number of amides is 1. The monoisotopic (exact) mass is 504 g/mol. The van der Waals surface area contributed by atoms with E-state index in [0.717, 1.165) is 37.2 Å². The summed E-state index contributed by atoms with van der Waals surface area (Å²) in [6, 6.07) is 12.8. The lowest BCUT2D eigenvalue weighted by atomic mass is 10.1. The smallest absolute Gasteiger partial charge is 0.248 e. The van der Waals surface area contributed by atoms with Crippen molar-refractivity contribution in [2.24, 2.45) is 11.7 Å². The first-order chi connectivity index (χ1) is 17.7. The Balaban J connectivity index is 1.53. The maximum atomic E-state index is 11.7. The van der Waals surface area contributed by atoms with Crippen LogP contribution in [0.25, 0.3) is 0 Å². The average Bonchev–Trinajstić information content (AvgIpc) is 3.28. The Bertz CT molecular complexity index is 1250. The van der Waals surface area contributed by atoms with Gasteiger partial charge in [0.1, 0.15) is 5.75 Å². The molecule has 10 heteroatoms. The summed E-state index contributed by atoms with van der Waals surface area (Å²) in [6.45, 7) is 9.42. The van der Waals surface area contributed by atoms with Gasteiger partial charge in [-0.05, 0) is 43.0 Å². The van der Waals surface area contributed by atoms with Gasteiger partial charge in [-0.3, -0.25) is 9.69 Å². The maximum absolute atomic E-state index is 11.7. The third-order valence-electron chi connectivity index (χ3n) is 6.36. The van der Waals surface area contributed by atoms with Gasteiger partial charge in [0.25, 0.3) is 0 Å². The summed E-state index contributed by atoms with van der Waals surface area (Å²) in [7, 11) is 1.96. The second kappa shape index (κ2) is 11.4. The number of nitrogens with two attached hydrogens (primary N) is 1. The summed E-state index contributed by atoms with van der Waals surface area (Å²) in [6.07, 6.45) is 0.930. The molecule has 1 aromatic heterocycles. The first-order valence-electron chi connectivity index (χ1n) is 12.6. The fourth-order valence-corrected chi connectivity index (χ4v) is 4.48. The van der Waals surface area contributed by atoms with Gasteiger partial charge < -0.3 is 26.4 Å². The van der Waals surface area contributed by atoms with E-state index >= 15 is 0 Å². The van der Waals surface area contributed by atoms with Crippen LogP contribution >= 0.6 is 0 Å². The molecule has 1 aliphatic heterocycles. The molecule has 1 fully saturated rings. The van der Waals surface area contributed by atoms with E-state index in [1.54, 1.807) is 18.2 Å². The van der Waals surface area contributed by atoms with Gasteiger partial charge in [0, 0.05) is 56.1 Å². The van der Waals surface area contributed by atoms with Crippen LogP contribution in [0.5, 0.6) is 5.75 Å². The van der Waals surface area contributed by atoms with Crippen molar-refractivity contribution >= 4 is 29.4 Å². The number of hydrogen-bond donors (Lipinski definition) is 4. The standard InChI is InChI=1S/C27H36N8O2/c1-17(2)14-34(4)27-32-25(29-21-11-12-35(16-21)15-20-7-5-6-8-23(20)36)31-26(33-27)30-22-13-19(24(28)37)10-9-18(22)3/h5-10,13,17,21,36H,11-12,14-16H2,1-4H3,(H2,28,37)(H2,29,30,31,32,33)/t21-/m0/s1. The van der Waals surface area contributed by atoms with Crippen molar-refractivity contribution < 1.29 is 9.90 Å². The zero-order valence-electron chi connectivity index (χ0n) is 21.9. The minimum absolute atomic E-state index is 0.157. The van der Waals surface area contributed by atoms with Gasteiger partial charge >= 0.3 is 0 Å². The van der Waals surface area contributed by atoms with Crippen molar-refractivity contribution in [1.29, 1.82) is 0 Å². The van der Waals surface area contributed by atoms with Gasteiger partial charge in [0.05, 0.1) is 0 Å². The zero-order valence-corrected chi connectivity index (χ0v) is 21.9. The lowest BCUT2D eigenvalue weighted by Gasteiger charge is -2.22. The van der Waals surface area contributed by atoms with E-state index in [2.05, 4.69) is 39.3 Å². The van der Waals surface area contributed by atoms with Gasteiger partial charge in [0.15, 0.2) is 0 Å². The minimum atomic E-state index is -0.493. The van der Waals surface area contributed by atoms with Crippen LogP contribution in [-0.4, -0.2) is 63.6 Å². The Hall–Kier alpha value is -3.92. The van der Waals surface area contributed by atoms with Crippen LogP contribution in [0, 0.1) is 12.8 Å². The number of carbonyl (C=O) groups excluding carboxylic acids is 1. The van der Waals surface area contributed by atoms with Crippen LogP contribution in [0.4, 0.5) is 23.5 Å². The number of hydrogen-bond acceptors (Lipinski definition) is 9.